The second-order valence-corrected chi connectivity index (χ2v) is 4.72. The van der Waals surface area contributed by atoms with Crippen molar-refractivity contribution in [1.82, 2.24) is 6.15 Å². The summed E-state index contributed by atoms with van der Waals surface area (Å²) in [5.41, 5.74) is 1.92. The average Bonchev–Trinajstić information content (AvgIpc) is 2.36. The minimum Gasteiger partial charge on any atom is -0.344 e. The first kappa shape index (κ1) is 12.7. The van der Waals surface area contributed by atoms with Gasteiger partial charge in [0, 0.05) is 26.7 Å². The molecule has 0 saturated carbocycles. The van der Waals surface area contributed by atoms with Crippen molar-refractivity contribution in [2.45, 2.75) is 0 Å². The lowest BCUT2D eigenvalue weighted by atomic mass is 9.84. The maximum absolute atomic E-state index is 12.3. The van der Waals surface area contributed by atoms with E-state index in [2.05, 4.69) is 15.9 Å². The molecule has 0 saturated heterocycles. The van der Waals surface area contributed by atoms with E-state index in [-0.39, 0.29) is 17.7 Å². The van der Waals surface area contributed by atoms with Gasteiger partial charge >= 0.3 is 0 Å². The molecule has 2 aromatic rings. The molecule has 3 N–H and O–H groups in total. The summed E-state index contributed by atoms with van der Waals surface area (Å²) < 4.78 is 0.669. The molecule has 0 aliphatic heterocycles. The Bertz CT molecular complexity index is 665. The highest BCUT2D eigenvalue weighted by Crippen LogP contribution is 2.31. The van der Waals surface area contributed by atoms with E-state index in [9.17, 15) is 9.59 Å². The van der Waals surface area contributed by atoms with E-state index in [0.29, 0.717) is 26.7 Å². The van der Waals surface area contributed by atoms with Gasteiger partial charge in [-0.3, -0.25) is 9.59 Å². The Morgan fingerprint density at radius 1 is 0.722 bits per heavy atom. The van der Waals surface area contributed by atoms with Crippen LogP contribution in [0.5, 0.6) is 0 Å². The quantitative estimate of drug-likeness (QED) is 0.692. The predicted molar refractivity (Wildman–Crippen MR) is 72.5 cm³/mol. The first-order valence-corrected chi connectivity index (χ1v) is 5.96. The van der Waals surface area contributed by atoms with Crippen molar-refractivity contribution in [3.8, 4) is 0 Å². The van der Waals surface area contributed by atoms with Crippen molar-refractivity contribution < 1.29 is 9.59 Å². The molecular weight excluding hydrogens is 294 g/mol. The summed E-state index contributed by atoms with van der Waals surface area (Å²) in [5.74, 6) is -0.181. The lowest BCUT2D eigenvalue weighted by Crippen LogP contribution is -2.21. The Labute approximate surface area is 113 Å². The summed E-state index contributed by atoms with van der Waals surface area (Å²) >= 11 is 3.33. The van der Waals surface area contributed by atoms with Crippen molar-refractivity contribution >= 4 is 27.5 Å². The minimum atomic E-state index is -0.0947. The number of ketones is 2. The molecule has 0 atom stereocenters. The molecule has 18 heavy (non-hydrogen) atoms. The van der Waals surface area contributed by atoms with E-state index in [1.807, 2.05) is 0 Å². The van der Waals surface area contributed by atoms with Crippen molar-refractivity contribution in [3.05, 3.63) is 69.2 Å². The first-order chi connectivity index (χ1) is 8.20. The van der Waals surface area contributed by atoms with Crippen molar-refractivity contribution in [3.63, 3.8) is 0 Å². The molecule has 0 heterocycles. The highest BCUT2D eigenvalue weighted by molar-refractivity contribution is 9.10. The normalized spacial score (nSPS) is 12.5. The minimum absolute atomic E-state index is 0. The molecule has 0 spiro atoms. The first-order valence-electron chi connectivity index (χ1n) is 5.17. The zero-order valence-corrected chi connectivity index (χ0v) is 11.0. The van der Waals surface area contributed by atoms with Crippen LogP contribution < -0.4 is 6.15 Å². The molecule has 0 bridgehead atoms. The molecule has 4 heteroatoms. The predicted octanol–water partition coefficient (Wildman–Crippen LogP) is 3.39. The van der Waals surface area contributed by atoms with Crippen molar-refractivity contribution in [2.24, 2.45) is 0 Å². The molecular formula is C14H10BrNO2. The third-order valence-electron chi connectivity index (χ3n) is 2.90. The Hall–Kier alpha value is -1.78. The van der Waals surface area contributed by atoms with Gasteiger partial charge in [0.1, 0.15) is 0 Å². The van der Waals surface area contributed by atoms with Crippen molar-refractivity contribution in [1.29, 1.82) is 0 Å². The molecule has 0 aromatic heterocycles. The number of rotatable bonds is 0. The molecule has 3 nitrogen and oxygen atoms in total. The summed E-state index contributed by atoms with van der Waals surface area (Å²) in [6, 6.07) is 12.2. The summed E-state index contributed by atoms with van der Waals surface area (Å²) in [4.78, 5) is 24.5. The fourth-order valence-corrected chi connectivity index (χ4v) is 2.65. The van der Waals surface area contributed by atoms with Gasteiger partial charge in [0.05, 0.1) is 0 Å². The summed E-state index contributed by atoms with van der Waals surface area (Å²) in [6.45, 7) is 0. The second kappa shape index (κ2) is 4.48. The molecule has 90 valence electrons. The topological polar surface area (TPSA) is 69.1 Å². The fourth-order valence-electron chi connectivity index (χ4n) is 2.10. The van der Waals surface area contributed by atoms with Crippen LogP contribution in [0, 0.1) is 0 Å². The molecule has 3 rings (SSSR count). The SMILES string of the molecule is N.O=C1c2ccccc2C(=O)c2c(Br)cccc21. The number of halogens is 1. The number of carbonyl (C=O) groups is 2. The van der Waals surface area contributed by atoms with Gasteiger partial charge in [-0.25, -0.2) is 0 Å². The van der Waals surface area contributed by atoms with E-state index in [1.165, 1.54) is 0 Å². The lowest BCUT2D eigenvalue weighted by molar-refractivity contribution is 0.0978. The third-order valence-corrected chi connectivity index (χ3v) is 3.56. The van der Waals surface area contributed by atoms with E-state index < -0.39 is 0 Å². The lowest BCUT2D eigenvalue weighted by Gasteiger charge is -2.17. The fraction of sp³-hybridized carbons (Fsp3) is 0. The van der Waals surface area contributed by atoms with E-state index in [0.717, 1.165) is 0 Å². The Morgan fingerprint density at radius 3 is 1.94 bits per heavy atom. The second-order valence-electron chi connectivity index (χ2n) is 3.87. The maximum atomic E-state index is 12.3. The highest BCUT2D eigenvalue weighted by atomic mass is 79.9. The average molecular weight is 304 g/mol. The number of hydrogen-bond acceptors (Lipinski definition) is 3. The van der Waals surface area contributed by atoms with Crippen LogP contribution in [0.15, 0.2) is 46.9 Å². The van der Waals surface area contributed by atoms with E-state index >= 15 is 0 Å². The Balaban J connectivity index is 0.00000120. The molecule has 1 aliphatic carbocycles. The van der Waals surface area contributed by atoms with Crippen LogP contribution in [0.1, 0.15) is 31.8 Å². The standard InChI is InChI=1S/C14H7BrO2.H3N/c15-11-7-3-6-10-12(11)14(17)9-5-2-1-4-8(9)13(10)16;/h1-7H;1H3. The summed E-state index contributed by atoms with van der Waals surface area (Å²) in [6.07, 6.45) is 0. The number of hydrogen-bond donors (Lipinski definition) is 1. The number of fused-ring (bicyclic) bond motifs is 2. The molecule has 0 fully saturated rings. The molecule has 1 aliphatic rings. The van der Waals surface area contributed by atoms with Crippen LogP contribution in [0.3, 0.4) is 0 Å². The molecule has 0 radical (unpaired) electrons. The van der Waals surface area contributed by atoms with E-state index in [4.69, 9.17) is 0 Å². The molecule has 2 aromatic carbocycles. The van der Waals surface area contributed by atoms with Gasteiger partial charge in [-0.2, -0.15) is 0 Å². The van der Waals surface area contributed by atoms with Gasteiger partial charge in [0.25, 0.3) is 0 Å². The van der Waals surface area contributed by atoms with Crippen LogP contribution in [0.25, 0.3) is 0 Å². The summed E-state index contributed by atoms with van der Waals surface area (Å²) in [7, 11) is 0. The molecule has 0 amide bonds. The van der Waals surface area contributed by atoms with Crippen LogP contribution in [-0.2, 0) is 0 Å². The maximum Gasteiger partial charge on any atom is 0.195 e. The Morgan fingerprint density at radius 2 is 1.28 bits per heavy atom. The van der Waals surface area contributed by atoms with Gasteiger partial charge in [-0.1, -0.05) is 52.3 Å². The number of benzene rings is 2. The van der Waals surface area contributed by atoms with Gasteiger partial charge < -0.3 is 6.15 Å². The Kier molecular flexibility index (Phi) is 3.15. The van der Waals surface area contributed by atoms with Gasteiger partial charge in [0.15, 0.2) is 11.6 Å². The van der Waals surface area contributed by atoms with E-state index in [1.54, 1.807) is 42.5 Å². The summed E-state index contributed by atoms with van der Waals surface area (Å²) in [5, 5.41) is 0. The molecule has 0 unspecified atom stereocenters. The monoisotopic (exact) mass is 303 g/mol. The zero-order chi connectivity index (χ0) is 12.0. The number of carbonyl (C=O) groups excluding carboxylic acids is 2. The zero-order valence-electron chi connectivity index (χ0n) is 9.44. The van der Waals surface area contributed by atoms with Crippen LogP contribution >= 0.6 is 15.9 Å². The van der Waals surface area contributed by atoms with Gasteiger partial charge in [-0.15, -0.1) is 0 Å². The van der Waals surface area contributed by atoms with Crippen LogP contribution in [0.4, 0.5) is 0 Å². The third kappa shape index (κ3) is 1.62. The highest BCUT2D eigenvalue weighted by Gasteiger charge is 2.30. The van der Waals surface area contributed by atoms with Crippen LogP contribution in [-0.4, -0.2) is 11.6 Å². The smallest absolute Gasteiger partial charge is 0.195 e. The van der Waals surface area contributed by atoms with Gasteiger partial charge in [0.2, 0.25) is 0 Å². The largest absolute Gasteiger partial charge is 0.344 e. The van der Waals surface area contributed by atoms with Crippen LogP contribution in [0.2, 0.25) is 0 Å². The van der Waals surface area contributed by atoms with Crippen molar-refractivity contribution in [2.75, 3.05) is 0 Å². The van der Waals surface area contributed by atoms with Gasteiger partial charge in [-0.05, 0) is 6.07 Å².